The van der Waals surface area contributed by atoms with Gasteiger partial charge in [-0.1, -0.05) is 6.07 Å². The average molecular weight is 398 g/mol. The molecule has 0 bridgehead atoms. The third kappa shape index (κ3) is 5.75. The van der Waals surface area contributed by atoms with E-state index in [4.69, 9.17) is 9.47 Å². The van der Waals surface area contributed by atoms with E-state index in [-0.39, 0.29) is 23.5 Å². The van der Waals surface area contributed by atoms with Crippen LogP contribution >= 0.6 is 0 Å². The molecule has 0 aromatic heterocycles. The van der Waals surface area contributed by atoms with E-state index in [0.29, 0.717) is 18.8 Å². The topological polar surface area (TPSA) is 102 Å². The zero-order chi connectivity index (χ0) is 20.2. The molecule has 27 heavy (non-hydrogen) atoms. The zero-order valence-electron chi connectivity index (χ0n) is 16.1. The lowest BCUT2D eigenvalue weighted by atomic mass is 10.1. The van der Waals surface area contributed by atoms with Crippen LogP contribution in [-0.2, 0) is 24.3 Å². The molecule has 8 nitrogen and oxygen atoms in total. The maximum Gasteiger partial charge on any atom is 0.338 e. The van der Waals surface area contributed by atoms with Gasteiger partial charge in [-0.3, -0.25) is 4.79 Å². The van der Waals surface area contributed by atoms with Gasteiger partial charge in [0.25, 0.3) is 5.91 Å². The van der Waals surface area contributed by atoms with E-state index in [9.17, 15) is 18.0 Å². The molecule has 1 aromatic carbocycles. The molecule has 1 N–H and O–H groups in total. The van der Waals surface area contributed by atoms with E-state index in [1.54, 1.807) is 13.0 Å². The highest BCUT2D eigenvalue weighted by Gasteiger charge is 2.27. The van der Waals surface area contributed by atoms with Crippen LogP contribution in [0.4, 0.5) is 0 Å². The molecular weight excluding hydrogens is 372 g/mol. The van der Waals surface area contributed by atoms with E-state index in [1.807, 2.05) is 20.8 Å². The maximum atomic E-state index is 12.8. The molecule has 0 aliphatic carbocycles. The van der Waals surface area contributed by atoms with Crippen LogP contribution in [0.15, 0.2) is 23.1 Å². The first-order valence-corrected chi connectivity index (χ1v) is 10.1. The lowest BCUT2D eigenvalue weighted by Gasteiger charge is -2.26. The van der Waals surface area contributed by atoms with Crippen molar-refractivity contribution in [3.05, 3.63) is 29.3 Å². The number of morpholine rings is 1. The Morgan fingerprint density at radius 1 is 1.22 bits per heavy atom. The summed E-state index contributed by atoms with van der Waals surface area (Å²) in [6, 6.07) is 4.31. The minimum atomic E-state index is -3.72. The van der Waals surface area contributed by atoms with Gasteiger partial charge >= 0.3 is 5.97 Å². The molecule has 0 unspecified atom stereocenters. The van der Waals surface area contributed by atoms with Crippen LogP contribution in [0.5, 0.6) is 0 Å². The fourth-order valence-electron chi connectivity index (χ4n) is 2.58. The molecular formula is C18H26N2O6S. The molecule has 1 fully saturated rings. The minimum Gasteiger partial charge on any atom is -0.452 e. The third-order valence-electron chi connectivity index (χ3n) is 3.89. The van der Waals surface area contributed by atoms with Gasteiger partial charge in [0.1, 0.15) is 0 Å². The monoisotopic (exact) mass is 398 g/mol. The molecule has 0 radical (unpaired) electrons. The summed E-state index contributed by atoms with van der Waals surface area (Å²) in [4.78, 5) is 24.2. The summed E-state index contributed by atoms with van der Waals surface area (Å²) in [5, 5.41) is 2.69. The van der Waals surface area contributed by atoms with E-state index in [2.05, 4.69) is 5.32 Å². The molecule has 1 heterocycles. The number of ether oxygens (including phenoxy) is 2. The minimum absolute atomic E-state index is 0.0149. The summed E-state index contributed by atoms with van der Waals surface area (Å²) in [6.07, 6.45) is 0. The van der Waals surface area contributed by atoms with Gasteiger partial charge in [-0.25, -0.2) is 13.2 Å². The maximum absolute atomic E-state index is 12.8. The van der Waals surface area contributed by atoms with E-state index >= 15 is 0 Å². The van der Waals surface area contributed by atoms with Gasteiger partial charge in [-0.2, -0.15) is 4.31 Å². The Labute approximate surface area is 159 Å². The van der Waals surface area contributed by atoms with Crippen LogP contribution in [0.1, 0.15) is 36.7 Å². The Bertz CT molecular complexity index is 808. The lowest BCUT2D eigenvalue weighted by Crippen LogP contribution is -2.42. The Balaban J connectivity index is 2.14. The first-order chi connectivity index (χ1) is 12.5. The highest BCUT2D eigenvalue weighted by Crippen LogP contribution is 2.21. The Hall–Kier alpha value is -1.97. The number of carbonyl (C=O) groups is 2. The number of hydrogen-bond donors (Lipinski definition) is 1. The van der Waals surface area contributed by atoms with Crippen molar-refractivity contribution < 1.29 is 27.5 Å². The van der Waals surface area contributed by atoms with Crippen LogP contribution < -0.4 is 5.32 Å². The number of nitrogens with one attached hydrogen (secondary N) is 1. The number of nitrogens with zero attached hydrogens (tertiary/aromatic N) is 1. The van der Waals surface area contributed by atoms with Crippen molar-refractivity contribution >= 4 is 21.9 Å². The predicted octanol–water partition coefficient (Wildman–Crippen LogP) is 1.09. The van der Waals surface area contributed by atoms with Crippen LogP contribution in [-0.4, -0.2) is 63.0 Å². The van der Waals surface area contributed by atoms with Crippen LogP contribution in [0.25, 0.3) is 0 Å². The van der Waals surface area contributed by atoms with Gasteiger partial charge in [0.2, 0.25) is 10.0 Å². The van der Waals surface area contributed by atoms with Crippen molar-refractivity contribution in [2.75, 3.05) is 32.9 Å². The number of rotatable bonds is 5. The van der Waals surface area contributed by atoms with E-state index in [1.165, 1.54) is 16.4 Å². The average Bonchev–Trinajstić information content (AvgIpc) is 2.59. The van der Waals surface area contributed by atoms with Crippen molar-refractivity contribution in [1.82, 2.24) is 9.62 Å². The van der Waals surface area contributed by atoms with Gasteiger partial charge in [0.05, 0.1) is 23.7 Å². The molecule has 1 amide bonds. The van der Waals surface area contributed by atoms with Gasteiger partial charge in [0.15, 0.2) is 6.61 Å². The molecule has 1 aliphatic rings. The molecule has 9 heteroatoms. The van der Waals surface area contributed by atoms with Crippen molar-refractivity contribution in [2.45, 2.75) is 38.1 Å². The second kappa shape index (κ2) is 8.37. The highest BCUT2D eigenvalue weighted by atomic mass is 32.2. The fraction of sp³-hybridized carbons (Fsp3) is 0.556. The largest absolute Gasteiger partial charge is 0.452 e. The summed E-state index contributed by atoms with van der Waals surface area (Å²) < 4.78 is 37.1. The predicted molar refractivity (Wildman–Crippen MR) is 98.9 cm³/mol. The molecule has 1 saturated heterocycles. The Morgan fingerprint density at radius 3 is 2.44 bits per heavy atom. The number of amides is 1. The molecule has 0 spiro atoms. The highest BCUT2D eigenvalue weighted by molar-refractivity contribution is 7.89. The molecule has 0 atom stereocenters. The summed E-state index contributed by atoms with van der Waals surface area (Å²) in [5.74, 6) is -1.17. The van der Waals surface area contributed by atoms with Crippen LogP contribution in [0, 0.1) is 6.92 Å². The first-order valence-electron chi connectivity index (χ1n) is 8.67. The number of esters is 1. The summed E-state index contributed by atoms with van der Waals surface area (Å²) in [7, 11) is -3.72. The molecule has 150 valence electrons. The number of aryl methyl sites for hydroxylation is 1. The Morgan fingerprint density at radius 2 is 1.85 bits per heavy atom. The molecule has 1 aliphatic heterocycles. The van der Waals surface area contributed by atoms with Crippen LogP contribution in [0.3, 0.4) is 0 Å². The van der Waals surface area contributed by atoms with Crippen LogP contribution in [0.2, 0.25) is 0 Å². The smallest absolute Gasteiger partial charge is 0.338 e. The van der Waals surface area contributed by atoms with E-state index in [0.717, 1.165) is 0 Å². The quantitative estimate of drug-likeness (QED) is 0.745. The number of hydrogen-bond acceptors (Lipinski definition) is 6. The summed E-state index contributed by atoms with van der Waals surface area (Å²) >= 11 is 0. The second-order valence-corrected chi connectivity index (χ2v) is 9.31. The normalized spacial score (nSPS) is 16.0. The SMILES string of the molecule is Cc1ccc(S(=O)(=O)N2CCOCC2)cc1C(=O)OCC(=O)NC(C)(C)C. The number of sulfonamides is 1. The Kier molecular flexibility index (Phi) is 6.61. The molecule has 0 saturated carbocycles. The molecule has 1 aromatic rings. The third-order valence-corrected chi connectivity index (χ3v) is 5.78. The van der Waals surface area contributed by atoms with E-state index < -0.39 is 34.0 Å². The fourth-order valence-corrected chi connectivity index (χ4v) is 4.02. The standard InChI is InChI=1S/C18H26N2O6S/c1-13-5-6-14(27(23,24)20-7-9-25-10-8-20)11-15(13)17(22)26-12-16(21)19-18(2,3)4/h5-6,11H,7-10,12H2,1-4H3,(H,19,21). The summed E-state index contributed by atoms with van der Waals surface area (Å²) in [5.41, 5.74) is 0.246. The van der Waals surface area contributed by atoms with Gasteiger partial charge in [-0.05, 0) is 45.4 Å². The zero-order valence-corrected chi connectivity index (χ0v) is 16.9. The van der Waals surface area contributed by atoms with Crippen molar-refractivity contribution in [1.29, 1.82) is 0 Å². The first kappa shape index (κ1) is 21.3. The van der Waals surface area contributed by atoms with Crippen molar-refractivity contribution in [3.63, 3.8) is 0 Å². The number of benzene rings is 1. The van der Waals surface area contributed by atoms with Gasteiger partial charge < -0.3 is 14.8 Å². The van der Waals surface area contributed by atoms with Crippen molar-refractivity contribution in [3.8, 4) is 0 Å². The van der Waals surface area contributed by atoms with Gasteiger partial charge in [0, 0.05) is 18.6 Å². The summed E-state index contributed by atoms with van der Waals surface area (Å²) in [6.45, 7) is 7.90. The number of carbonyl (C=O) groups excluding carboxylic acids is 2. The lowest BCUT2D eigenvalue weighted by molar-refractivity contribution is -0.125. The van der Waals surface area contributed by atoms with Gasteiger partial charge in [-0.15, -0.1) is 0 Å². The van der Waals surface area contributed by atoms with Crippen molar-refractivity contribution in [2.24, 2.45) is 0 Å². The second-order valence-electron chi connectivity index (χ2n) is 7.37. The molecule has 2 rings (SSSR count).